The average Bonchev–Trinajstić information content (AvgIpc) is 3.30. The van der Waals surface area contributed by atoms with Gasteiger partial charge < -0.3 is 14.9 Å². The van der Waals surface area contributed by atoms with Gasteiger partial charge in [0.1, 0.15) is 0 Å². The molecule has 3 aromatic heterocycles. The van der Waals surface area contributed by atoms with Gasteiger partial charge in [-0.25, -0.2) is 9.97 Å². The zero-order valence-corrected chi connectivity index (χ0v) is 14.4. The number of thiazole rings is 1. The smallest absolute Gasteiger partial charge is 0.264 e. The monoisotopic (exact) mass is 365 g/mol. The summed E-state index contributed by atoms with van der Waals surface area (Å²) in [6.07, 6.45) is 5.42. The highest BCUT2D eigenvalue weighted by atomic mass is 32.1. The number of nitrogen functional groups attached to an aromatic ring is 1. The van der Waals surface area contributed by atoms with E-state index in [4.69, 9.17) is 10.5 Å². The standard InChI is InChI=1S/C18H15N5O2S/c19-13-5-3-12(4-6-13)14-10-23-8-1-2-15(17(23)21-14)25-11-16(24)22-18-20-7-9-26-18/h1-10H,11,19H2,(H,20,22,24). The molecule has 0 unspecified atom stereocenters. The number of rotatable bonds is 5. The van der Waals surface area contributed by atoms with Gasteiger partial charge in [0.2, 0.25) is 0 Å². The van der Waals surface area contributed by atoms with Crippen LogP contribution in [0.25, 0.3) is 16.9 Å². The van der Waals surface area contributed by atoms with E-state index in [1.165, 1.54) is 11.3 Å². The second kappa shape index (κ2) is 6.85. The molecule has 0 saturated carbocycles. The summed E-state index contributed by atoms with van der Waals surface area (Å²) in [5.74, 6) is 0.260. The number of nitrogens with two attached hydrogens (primary N) is 1. The van der Waals surface area contributed by atoms with Gasteiger partial charge in [-0.15, -0.1) is 11.3 Å². The van der Waals surface area contributed by atoms with Crippen molar-refractivity contribution in [2.45, 2.75) is 0 Å². The molecule has 0 aliphatic rings. The van der Waals surface area contributed by atoms with Crippen molar-refractivity contribution in [3.63, 3.8) is 0 Å². The molecule has 0 aliphatic heterocycles. The molecule has 1 amide bonds. The Hall–Kier alpha value is -3.39. The predicted octanol–water partition coefficient (Wildman–Crippen LogP) is 3.06. The van der Waals surface area contributed by atoms with Gasteiger partial charge in [-0.3, -0.25) is 10.1 Å². The van der Waals surface area contributed by atoms with Crippen LogP contribution < -0.4 is 15.8 Å². The number of pyridine rings is 1. The average molecular weight is 365 g/mol. The van der Waals surface area contributed by atoms with Crippen molar-refractivity contribution < 1.29 is 9.53 Å². The van der Waals surface area contributed by atoms with Crippen molar-refractivity contribution in [2.24, 2.45) is 0 Å². The van der Waals surface area contributed by atoms with Crippen LogP contribution in [0.3, 0.4) is 0 Å². The molecule has 7 nitrogen and oxygen atoms in total. The molecule has 8 heteroatoms. The first-order valence-corrected chi connectivity index (χ1v) is 8.73. The van der Waals surface area contributed by atoms with Gasteiger partial charge in [-0.1, -0.05) is 12.1 Å². The molecule has 0 aliphatic carbocycles. The number of benzene rings is 1. The lowest BCUT2D eigenvalue weighted by molar-refractivity contribution is -0.118. The molecule has 26 heavy (non-hydrogen) atoms. The molecular weight excluding hydrogens is 350 g/mol. The summed E-state index contributed by atoms with van der Waals surface area (Å²) < 4.78 is 7.52. The third-order valence-corrected chi connectivity index (χ3v) is 4.38. The first-order chi connectivity index (χ1) is 12.7. The number of carbonyl (C=O) groups is 1. The van der Waals surface area contributed by atoms with Gasteiger partial charge in [-0.2, -0.15) is 0 Å². The van der Waals surface area contributed by atoms with Gasteiger partial charge in [0, 0.05) is 35.2 Å². The minimum atomic E-state index is -0.271. The van der Waals surface area contributed by atoms with E-state index in [0.717, 1.165) is 11.3 Å². The lowest BCUT2D eigenvalue weighted by atomic mass is 10.1. The SMILES string of the molecule is Nc1ccc(-c2cn3cccc(OCC(=O)Nc4nccs4)c3n2)cc1. The van der Waals surface area contributed by atoms with E-state index in [9.17, 15) is 4.79 Å². The van der Waals surface area contributed by atoms with Crippen molar-refractivity contribution in [2.75, 3.05) is 17.7 Å². The molecule has 0 radical (unpaired) electrons. The number of fused-ring (bicyclic) bond motifs is 1. The highest BCUT2D eigenvalue weighted by Crippen LogP contribution is 2.25. The number of nitrogens with one attached hydrogen (secondary N) is 1. The van der Waals surface area contributed by atoms with Gasteiger partial charge in [0.05, 0.1) is 5.69 Å². The van der Waals surface area contributed by atoms with Crippen molar-refractivity contribution in [1.82, 2.24) is 14.4 Å². The first-order valence-electron chi connectivity index (χ1n) is 7.85. The first kappa shape index (κ1) is 16.1. The Bertz CT molecular complexity index is 1040. The molecule has 0 spiro atoms. The van der Waals surface area contributed by atoms with E-state index in [-0.39, 0.29) is 12.5 Å². The minimum absolute atomic E-state index is 0.122. The zero-order chi connectivity index (χ0) is 17.9. The molecule has 4 rings (SSSR count). The molecule has 0 fully saturated rings. The molecule has 0 atom stereocenters. The van der Waals surface area contributed by atoms with Gasteiger partial charge >= 0.3 is 0 Å². The van der Waals surface area contributed by atoms with Crippen molar-refractivity contribution in [1.29, 1.82) is 0 Å². The van der Waals surface area contributed by atoms with E-state index in [1.54, 1.807) is 17.6 Å². The lowest BCUT2D eigenvalue weighted by Gasteiger charge is -2.06. The fraction of sp³-hybridized carbons (Fsp3) is 0.0556. The Morgan fingerprint density at radius 3 is 2.88 bits per heavy atom. The summed E-state index contributed by atoms with van der Waals surface area (Å²) >= 11 is 1.35. The fourth-order valence-electron chi connectivity index (χ4n) is 2.48. The molecule has 0 bridgehead atoms. The maximum Gasteiger partial charge on any atom is 0.264 e. The second-order valence-corrected chi connectivity index (χ2v) is 6.42. The summed E-state index contributed by atoms with van der Waals surface area (Å²) in [4.78, 5) is 20.6. The summed E-state index contributed by atoms with van der Waals surface area (Å²) in [5.41, 5.74) is 8.83. The van der Waals surface area contributed by atoms with Crippen LogP contribution in [-0.2, 0) is 4.79 Å². The number of amides is 1. The van der Waals surface area contributed by atoms with Gasteiger partial charge in [0.25, 0.3) is 5.91 Å². The Balaban J connectivity index is 1.54. The van der Waals surface area contributed by atoms with Crippen LogP contribution in [0.1, 0.15) is 0 Å². The maximum atomic E-state index is 12.0. The molecule has 3 heterocycles. The Kier molecular flexibility index (Phi) is 4.24. The molecule has 4 aromatic rings. The second-order valence-electron chi connectivity index (χ2n) is 5.53. The van der Waals surface area contributed by atoms with Crippen LogP contribution in [0.2, 0.25) is 0 Å². The maximum absolute atomic E-state index is 12.0. The summed E-state index contributed by atoms with van der Waals surface area (Å²) in [6, 6.07) is 11.1. The number of nitrogens with zero attached hydrogens (tertiary/aromatic N) is 3. The van der Waals surface area contributed by atoms with Gasteiger partial charge in [0.15, 0.2) is 23.1 Å². The van der Waals surface area contributed by atoms with Crippen molar-refractivity contribution in [3.05, 3.63) is 60.4 Å². The fourth-order valence-corrected chi connectivity index (χ4v) is 3.02. The lowest BCUT2D eigenvalue weighted by Crippen LogP contribution is -2.20. The Morgan fingerprint density at radius 1 is 1.27 bits per heavy atom. The number of ether oxygens (including phenoxy) is 1. The largest absolute Gasteiger partial charge is 0.480 e. The van der Waals surface area contributed by atoms with Crippen LogP contribution in [0, 0.1) is 0 Å². The predicted molar refractivity (Wildman–Crippen MR) is 101 cm³/mol. The number of anilines is 2. The zero-order valence-electron chi connectivity index (χ0n) is 13.6. The van der Waals surface area contributed by atoms with Crippen LogP contribution in [-0.4, -0.2) is 26.9 Å². The van der Waals surface area contributed by atoms with E-state index in [0.29, 0.717) is 22.2 Å². The normalized spacial score (nSPS) is 10.8. The number of hydrogen-bond acceptors (Lipinski definition) is 6. The van der Waals surface area contributed by atoms with Crippen LogP contribution in [0.4, 0.5) is 10.8 Å². The molecule has 130 valence electrons. The molecule has 0 saturated heterocycles. The quantitative estimate of drug-likeness (QED) is 0.530. The number of hydrogen-bond donors (Lipinski definition) is 2. The van der Waals surface area contributed by atoms with Crippen LogP contribution >= 0.6 is 11.3 Å². The van der Waals surface area contributed by atoms with Crippen molar-refractivity contribution in [3.8, 4) is 17.0 Å². The van der Waals surface area contributed by atoms with Crippen molar-refractivity contribution >= 4 is 33.7 Å². The Morgan fingerprint density at radius 2 is 2.12 bits per heavy atom. The Labute approximate surface area is 153 Å². The third kappa shape index (κ3) is 3.35. The summed E-state index contributed by atoms with van der Waals surface area (Å²) in [7, 11) is 0. The number of imidazole rings is 1. The summed E-state index contributed by atoms with van der Waals surface area (Å²) in [6.45, 7) is -0.122. The highest BCUT2D eigenvalue weighted by Gasteiger charge is 2.11. The highest BCUT2D eigenvalue weighted by molar-refractivity contribution is 7.13. The van der Waals surface area contributed by atoms with E-state index in [2.05, 4.69) is 15.3 Å². The summed E-state index contributed by atoms with van der Waals surface area (Å²) in [5, 5.41) is 5.02. The number of carbonyl (C=O) groups excluding carboxylic acids is 1. The van der Waals surface area contributed by atoms with Crippen LogP contribution in [0.5, 0.6) is 5.75 Å². The van der Waals surface area contributed by atoms with Gasteiger partial charge in [-0.05, 0) is 24.3 Å². The third-order valence-electron chi connectivity index (χ3n) is 3.69. The molecular formula is C18H15N5O2S. The number of aromatic nitrogens is 3. The van der Waals surface area contributed by atoms with E-state index >= 15 is 0 Å². The molecule has 1 aromatic carbocycles. The van der Waals surface area contributed by atoms with Crippen LogP contribution in [0.15, 0.2) is 60.4 Å². The van der Waals surface area contributed by atoms with E-state index in [1.807, 2.05) is 47.1 Å². The topological polar surface area (TPSA) is 94.5 Å². The molecule has 3 N–H and O–H groups in total. The van der Waals surface area contributed by atoms with E-state index < -0.39 is 0 Å². The minimum Gasteiger partial charge on any atom is -0.480 e.